The highest BCUT2D eigenvalue weighted by Crippen LogP contribution is 2.26. The van der Waals surface area contributed by atoms with Gasteiger partial charge in [0.2, 0.25) is 0 Å². The maximum Gasteiger partial charge on any atom is 0.344 e. The molecule has 2 rings (SSSR count). The SMILES string of the molecule is CC(OC(=O)COc1ccccc1)C(=O)NC(C)c1ccc(Cl)cc1Cl. The molecule has 0 aliphatic carbocycles. The quantitative estimate of drug-likeness (QED) is 0.714. The molecule has 5 nitrogen and oxygen atoms in total. The number of para-hydroxylation sites is 1. The molecular weight excluding hydrogens is 377 g/mol. The van der Waals surface area contributed by atoms with E-state index < -0.39 is 18.0 Å². The Kier molecular flexibility index (Phi) is 7.30. The summed E-state index contributed by atoms with van der Waals surface area (Å²) in [4.78, 5) is 24.0. The van der Waals surface area contributed by atoms with Gasteiger partial charge in [0.05, 0.1) is 6.04 Å². The topological polar surface area (TPSA) is 64.6 Å². The van der Waals surface area contributed by atoms with Crippen LogP contribution in [0.15, 0.2) is 48.5 Å². The van der Waals surface area contributed by atoms with Gasteiger partial charge in [0, 0.05) is 10.0 Å². The van der Waals surface area contributed by atoms with Gasteiger partial charge in [0.15, 0.2) is 12.7 Å². The van der Waals surface area contributed by atoms with E-state index in [9.17, 15) is 9.59 Å². The highest BCUT2D eigenvalue weighted by Gasteiger charge is 2.21. The first-order valence-electron chi connectivity index (χ1n) is 7.99. The summed E-state index contributed by atoms with van der Waals surface area (Å²) >= 11 is 12.0. The van der Waals surface area contributed by atoms with Gasteiger partial charge in [-0.1, -0.05) is 47.5 Å². The summed E-state index contributed by atoms with van der Waals surface area (Å²) in [5, 5.41) is 3.71. The third-order valence-corrected chi connectivity index (χ3v) is 4.13. The Bertz CT molecular complexity index is 767. The molecule has 26 heavy (non-hydrogen) atoms. The molecule has 0 aliphatic rings. The summed E-state index contributed by atoms with van der Waals surface area (Å²) in [5.41, 5.74) is 0.718. The molecule has 0 spiro atoms. The van der Waals surface area contributed by atoms with Gasteiger partial charge in [0.25, 0.3) is 5.91 Å². The molecule has 0 radical (unpaired) electrons. The number of carbonyl (C=O) groups excluding carboxylic acids is 2. The van der Waals surface area contributed by atoms with Crippen LogP contribution in [-0.2, 0) is 14.3 Å². The average molecular weight is 396 g/mol. The summed E-state index contributed by atoms with van der Waals surface area (Å²) in [7, 11) is 0. The second-order valence-electron chi connectivity index (χ2n) is 5.63. The van der Waals surface area contributed by atoms with Crippen LogP contribution in [0.2, 0.25) is 10.0 Å². The van der Waals surface area contributed by atoms with Gasteiger partial charge in [-0.25, -0.2) is 4.79 Å². The van der Waals surface area contributed by atoms with Crippen LogP contribution < -0.4 is 10.1 Å². The second kappa shape index (κ2) is 9.46. The molecule has 0 bridgehead atoms. The highest BCUT2D eigenvalue weighted by molar-refractivity contribution is 6.35. The first-order chi connectivity index (χ1) is 12.4. The van der Waals surface area contributed by atoms with Crippen LogP contribution in [0, 0.1) is 0 Å². The van der Waals surface area contributed by atoms with Crippen LogP contribution in [-0.4, -0.2) is 24.6 Å². The van der Waals surface area contributed by atoms with Crippen LogP contribution in [0.1, 0.15) is 25.5 Å². The van der Waals surface area contributed by atoms with Crippen LogP contribution in [0.4, 0.5) is 0 Å². The number of halogens is 2. The van der Waals surface area contributed by atoms with Crippen LogP contribution in [0.3, 0.4) is 0 Å². The van der Waals surface area contributed by atoms with Crippen LogP contribution >= 0.6 is 23.2 Å². The number of nitrogens with one attached hydrogen (secondary N) is 1. The molecule has 2 atom stereocenters. The van der Waals surface area contributed by atoms with Gasteiger partial charge in [-0.05, 0) is 43.7 Å². The van der Waals surface area contributed by atoms with E-state index in [-0.39, 0.29) is 12.6 Å². The standard InChI is InChI=1S/C19H19Cl2NO4/c1-12(16-9-8-14(20)10-17(16)21)22-19(24)13(2)26-18(23)11-25-15-6-4-3-5-7-15/h3-10,12-13H,11H2,1-2H3,(H,22,24). The van der Waals surface area contributed by atoms with Gasteiger partial charge in [-0.15, -0.1) is 0 Å². The third-order valence-electron chi connectivity index (χ3n) is 3.57. The Balaban J connectivity index is 1.83. The van der Waals surface area contributed by atoms with E-state index in [1.54, 1.807) is 49.4 Å². The molecule has 138 valence electrons. The first kappa shape index (κ1) is 20.1. The number of esters is 1. The fraction of sp³-hybridized carbons (Fsp3) is 0.263. The number of rotatable bonds is 7. The molecular formula is C19H19Cl2NO4. The van der Waals surface area contributed by atoms with E-state index >= 15 is 0 Å². The van der Waals surface area contributed by atoms with Crippen molar-refractivity contribution in [2.24, 2.45) is 0 Å². The maximum absolute atomic E-state index is 12.2. The van der Waals surface area contributed by atoms with Crippen molar-refractivity contribution in [1.29, 1.82) is 0 Å². The molecule has 2 unspecified atom stereocenters. The van der Waals surface area contributed by atoms with Gasteiger partial charge in [-0.2, -0.15) is 0 Å². The van der Waals surface area contributed by atoms with Crippen molar-refractivity contribution in [1.82, 2.24) is 5.32 Å². The Morgan fingerprint density at radius 3 is 2.42 bits per heavy atom. The molecule has 0 saturated carbocycles. The lowest BCUT2D eigenvalue weighted by atomic mass is 10.1. The third kappa shape index (κ3) is 5.93. The van der Waals surface area contributed by atoms with E-state index in [4.69, 9.17) is 32.7 Å². The summed E-state index contributed by atoms with van der Waals surface area (Å²) in [6, 6.07) is 13.5. The molecule has 7 heteroatoms. The Morgan fingerprint density at radius 2 is 1.77 bits per heavy atom. The number of carbonyl (C=O) groups is 2. The first-order valence-corrected chi connectivity index (χ1v) is 8.75. The molecule has 0 aromatic heterocycles. The monoisotopic (exact) mass is 395 g/mol. The molecule has 2 aromatic rings. The van der Waals surface area contributed by atoms with Crippen molar-refractivity contribution in [2.75, 3.05) is 6.61 Å². The lowest BCUT2D eigenvalue weighted by Gasteiger charge is -2.19. The minimum absolute atomic E-state index is 0.278. The smallest absolute Gasteiger partial charge is 0.344 e. The lowest BCUT2D eigenvalue weighted by molar-refractivity contribution is -0.156. The summed E-state index contributed by atoms with van der Waals surface area (Å²) < 4.78 is 10.4. The predicted molar refractivity (Wildman–Crippen MR) is 101 cm³/mol. The Hall–Kier alpha value is -2.24. The van der Waals surface area contributed by atoms with E-state index in [1.165, 1.54) is 6.92 Å². The number of ether oxygens (including phenoxy) is 2. The Morgan fingerprint density at radius 1 is 1.08 bits per heavy atom. The summed E-state index contributed by atoms with van der Waals surface area (Å²) in [6.07, 6.45) is -0.963. The van der Waals surface area contributed by atoms with Crippen molar-refractivity contribution in [3.63, 3.8) is 0 Å². The van der Waals surface area contributed by atoms with E-state index in [0.717, 1.165) is 5.56 Å². The van der Waals surface area contributed by atoms with Crippen LogP contribution in [0.5, 0.6) is 5.75 Å². The van der Waals surface area contributed by atoms with Crippen molar-refractivity contribution >= 4 is 35.1 Å². The normalized spacial score (nSPS) is 12.8. The average Bonchev–Trinajstić information content (AvgIpc) is 2.60. The predicted octanol–water partition coefficient (Wildman–Crippen LogP) is 4.18. The largest absolute Gasteiger partial charge is 0.482 e. The molecule has 2 aromatic carbocycles. The number of hydrogen-bond donors (Lipinski definition) is 1. The highest BCUT2D eigenvalue weighted by atomic mass is 35.5. The van der Waals surface area contributed by atoms with Crippen molar-refractivity contribution in [3.05, 3.63) is 64.1 Å². The number of hydrogen-bond acceptors (Lipinski definition) is 4. The van der Waals surface area contributed by atoms with Crippen molar-refractivity contribution in [3.8, 4) is 5.75 Å². The fourth-order valence-electron chi connectivity index (χ4n) is 2.20. The van der Waals surface area contributed by atoms with E-state index in [1.807, 2.05) is 6.07 Å². The molecule has 1 amide bonds. The van der Waals surface area contributed by atoms with Gasteiger partial charge in [0.1, 0.15) is 5.75 Å². The van der Waals surface area contributed by atoms with Gasteiger partial charge >= 0.3 is 5.97 Å². The van der Waals surface area contributed by atoms with E-state index in [2.05, 4.69) is 5.32 Å². The Labute approximate surface area is 162 Å². The summed E-state index contributed by atoms with van der Waals surface area (Å²) in [6.45, 7) is 2.99. The van der Waals surface area contributed by atoms with Crippen LogP contribution in [0.25, 0.3) is 0 Å². The molecule has 0 aliphatic heterocycles. The zero-order valence-corrected chi connectivity index (χ0v) is 15.9. The minimum atomic E-state index is -0.963. The van der Waals surface area contributed by atoms with Gasteiger partial charge < -0.3 is 14.8 Å². The number of benzene rings is 2. The fourth-order valence-corrected chi connectivity index (χ4v) is 2.78. The van der Waals surface area contributed by atoms with E-state index in [0.29, 0.717) is 15.8 Å². The molecule has 0 heterocycles. The second-order valence-corrected chi connectivity index (χ2v) is 6.47. The lowest BCUT2D eigenvalue weighted by Crippen LogP contribution is -2.38. The maximum atomic E-state index is 12.2. The molecule has 0 saturated heterocycles. The zero-order chi connectivity index (χ0) is 19.1. The zero-order valence-electron chi connectivity index (χ0n) is 14.4. The number of amides is 1. The van der Waals surface area contributed by atoms with Crippen molar-refractivity contribution in [2.45, 2.75) is 26.0 Å². The minimum Gasteiger partial charge on any atom is -0.482 e. The van der Waals surface area contributed by atoms with Gasteiger partial charge in [-0.3, -0.25) is 4.79 Å². The molecule has 0 fully saturated rings. The summed E-state index contributed by atoms with van der Waals surface area (Å²) in [5.74, 6) is -0.516. The van der Waals surface area contributed by atoms with Crippen molar-refractivity contribution < 1.29 is 19.1 Å². The molecule has 1 N–H and O–H groups in total.